The molecule has 0 fully saturated rings. The Hall–Kier alpha value is -6.44. The van der Waals surface area contributed by atoms with Crippen molar-refractivity contribution in [2.75, 3.05) is 4.90 Å². The highest BCUT2D eigenvalue weighted by atomic mass is 15.1. The molecule has 8 aromatic rings. The Kier molecular flexibility index (Phi) is 6.29. The van der Waals surface area contributed by atoms with Crippen molar-refractivity contribution < 1.29 is 0 Å². The topological polar surface area (TPSA) is 3.24 Å². The van der Waals surface area contributed by atoms with Crippen molar-refractivity contribution in [3.63, 3.8) is 0 Å². The zero-order valence-electron chi connectivity index (χ0n) is 29.8. The van der Waals surface area contributed by atoms with Gasteiger partial charge in [0.15, 0.2) is 0 Å². The molecule has 8 aromatic carbocycles. The van der Waals surface area contributed by atoms with Gasteiger partial charge in [0, 0.05) is 22.5 Å². The average Bonchev–Trinajstić information content (AvgIpc) is 3.77. The van der Waals surface area contributed by atoms with E-state index in [2.05, 4.69) is 207 Å². The normalized spacial score (nSPS) is 14.5. The molecule has 250 valence electrons. The van der Waals surface area contributed by atoms with E-state index in [1.165, 1.54) is 77.9 Å². The second-order valence-corrected chi connectivity index (χ2v) is 15.2. The fourth-order valence-corrected chi connectivity index (χ4v) is 10.1. The summed E-state index contributed by atoms with van der Waals surface area (Å²) in [6.07, 6.45) is 0. The summed E-state index contributed by atoms with van der Waals surface area (Å²) >= 11 is 0. The number of fused-ring (bicyclic) bond motifs is 13. The maximum Gasteiger partial charge on any atom is 0.0725 e. The largest absolute Gasteiger partial charge is 0.310 e. The van der Waals surface area contributed by atoms with Crippen LogP contribution in [-0.2, 0) is 10.8 Å². The minimum Gasteiger partial charge on any atom is -0.310 e. The monoisotopic (exact) mass is 675 g/mol. The summed E-state index contributed by atoms with van der Waals surface area (Å²) in [5, 5.41) is 0. The van der Waals surface area contributed by atoms with E-state index in [0.29, 0.717) is 0 Å². The van der Waals surface area contributed by atoms with Gasteiger partial charge in [0.25, 0.3) is 0 Å². The Morgan fingerprint density at radius 2 is 0.792 bits per heavy atom. The van der Waals surface area contributed by atoms with Gasteiger partial charge in [-0.05, 0) is 114 Å². The third-order valence-electron chi connectivity index (χ3n) is 12.3. The highest BCUT2D eigenvalue weighted by Gasteiger charge is 2.54. The number of rotatable bonds is 4. The Bertz CT molecular complexity index is 2660. The van der Waals surface area contributed by atoms with E-state index in [1.54, 1.807) is 0 Å². The zero-order chi connectivity index (χ0) is 35.3. The summed E-state index contributed by atoms with van der Waals surface area (Å²) in [4.78, 5) is 2.39. The molecule has 0 amide bonds. The van der Waals surface area contributed by atoms with Gasteiger partial charge in [-0.15, -0.1) is 0 Å². The highest BCUT2D eigenvalue weighted by molar-refractivity contribution is 6.07. The van der Waals surface area contributed by atoms with Crippen LogP contribution < -0.4 is 4.90 Å². The average molecular weight is 676 g/mol. The van der Waals surface area contributed by atoms with Crippen LogP contribution in [0.2, 0.25) is 0 Å². The predicted octanol–water partition coefficient (Wildman–Crippen LogP) is 13.5. The third kappa shape index (κ3) is 3.97. The number of nitrogens with zero attached hydrogens (tertiary/aromatic N) is 1. The quantitative estimate of drug-likeness (QED) is 0.179. The molecule has 0 heterocycles. The fraction of sp³-hybridized carbons (Fsp3) is 0.0769. The van der Waals surface area contributed by atoms with Crippen LogP contribution >= 0.6 is 0 Å². The number of anilines is 3. The lowest BCUT2D eigenvalue weighted by atomic mass is 9.69. The van der Waals surface area contributed by atoms with Crippen molar-refractivity contribution in [1.29, 1.82) is 0 Å². The summed E-state index contributed by atoms with van der Waals surface area (Å²) in [6, 6.07) is 69.9. The zero-order valence-corrected chi connectivity index (χ0v) is 29.8. The lowest BCUT2D eigenvalue weighted by Gasteiger charge is -2.32. The van der Waals surface area contributed by atoms with Crippen molar-refractivity contribution in [1.82, 2.24) is 0 Å². The molecule has 0 N–H and O–H groups in total. The lowest BCUT2D eigenvalue weighted by Crippen LogP contribution is -2.26. The second kappa shape index (κ2) is 11.0. The molecule has 11 rings (SSSR count). The number of hydrogen-bond acceptors (Lipinski definition) is 1. The van der Waals surface area contributed by atoms with E-state index < -0.39 is 5.41 Å². The summed E-state index contributed by atoms with van der Waals surface area (Å²) in [5.41, 5.74) is 21.7. The van der Waals surface area contributed by atoms with E-state index in [4.69, 9.17) is 0 Å². The molecule has 0 aromatic heterocycles. The van der Waals surface area contributed by atoms with Gasteiger partial charge in [0.2, 0.25) is 0 Å². The molecule has 3 aliphatic rings. The molecule has 1 heteroatoms. The smallest absolute Gasteiger partial charge is 0.0725 e. The van der Waals surface area contributed by atoms with Gasteiger partial charge >= 0.3 is 0 Å². The number of benzene rings is 8. The first-order valence-corrected chi connectivity index (χ1v) is 18.7. The van der Waals surface area contributed by atoms with Crippen LogP contribution in [0.15, 0.2) is 188 Å². The lowest BCUT2D eigenvalue weighted by molar-refractivity contribution is 0.657. The second-order valence-electron chi connectivity index (χ2n) is 15.2. The van der Waals surface area contributed by atoms with Gasteiger partial charge in [-0.2, -0.15) is 0 Å². The van der Waals surface area contributed by atoms with E-state index in [-0.39, 0.29) is 5.41 Å². The van der Waals surface area contributed by atoms with Crippen LogP contribution in [0.1, 0.15) is 47.2 Å². The van der Waals surface area contributed by atoms with Crippen LogP contribution in [0.5, 0.6) is 0 Å². The van der Waals surface area contributed by atoms with Crippen molar-refractivity contribution in [3.05, 3.63) is 221 Å². The Morgan fingerprint density at radius 3 is 1.38 bits per heavy atom. The summed E-state index contributed by atoms with van der Waals surface area (Å²) in [6.45, 7) is 4.85. The van der Waals surface area contributed by atoms with Gasteiger partial charge in [-0.1, -0.05) is 166 Å². The molecule has 1 nitrogen and oxygen atoms in total. The molecule has 0 unspecified atom stereocenters. The van der Waals surface area contributed by atoms with Crippen molar-refractivity contribution in [2.24, 2.45) is 0 Å². The molecule has 0 atom stereocenters. The number of para-hydroxylation sites is 2. The molecule has 0 saturated carbocycles. The van der Waals surface area contributed by atoms with Crippen molar-refractivity contribution in [3.8, 4) is 44.5 Å². The van der Waals surface area contributed by atoms with Crippen molar-refractivity contribution in [2.45, 2.75) is 24.7 Å². The van der Waals surface area contributed by atoms with Crippen molar-refractivity contribution >= 4 is 17.1 Å². The van der Waals surface area contributed by atoms with Gasteiger partial charge in [0.1, 0.15) is 0 Å². The van der Waals surface area contributed by atoms with Gasteiger partial charge in [0.05, 0.1) is 5.41 Å². The molecule has 3 aliphatic carbocycles. The summed E-state index contributed by atoms with van der Waals surface area (Å²) in [7, 11) is 0. The first kappa shape index (κ1) is 30.2. The minimum atomic E-state index is -0.412. The molecule has 1 spiro atoms. The standard InChI is InChI=1S/C52H37N/c1-51(2)42-31-30-37(53(35-20-8-4-9-21-35)36-22-10-5-11-23-36)32-41(42)50-46(51)33-47-49(48(50)34-18-6-3-7-19-34)40-26-14-17-29-45(40)52(47)43-27-15-12-24-38(43)39-25-13-16-28-44(39)52/h3-33H,1-2H3. The van der Waals surface area contributed by atoms with Crippen LogP contribution in [0.4, 0.5) is 17.1 Å². The third-order valence-corrected chi connectivity index (χ3v) is 12.3. The molecule has 0 aliphatic heterocycles. The molecule has 0 radical (unpaired) electrons. The van der Waals surface area contributed by atoms with Crippen LogP contribution in [0.25, 0.3) is 44.5 Å². The summed E-state index contributed by atoms with van der Waals surface area (Å²) in [5.74, 6) is 0. The van der Waals surface area contributed by atoms with Gasteiger partial charge in [-0.25, -0.2) is 0 Å². The van der Waals surface area contributed by atoms with Crippen LogP contribution in [0, 0.1) is 0 Å². The van der Waals surface area contributed by atoms with E-state index in [0.717, 1.165) is 17.1 Å². The van der Waals surface area contributed by atoms with E-state index >= 15 is 0 Å². The fourth-order valence-electron chi connectivity index (χ4n) is 10.1. The summed E-state index contributed by atoms with van der Waals surface area (Å²) < 4.78 is 0. The Balaban J connectivity index is 1.26. The van der Waals surface area contributed by atoms with Gasteiger partial charge in [-0.3, -0.25) is 0 Å². The van der Waals surface area contributed by atoms with Crippen LogP contribution in [-0.4, -0.2) is 0 Å². The SMILES string of the molecule is CC1(C)c2ccc(N(c3ccccc3)c3ccccc3)cc2-c2c1cc1c(c2-c2ccccc2)-c2ccccc2C12c1ccccc1-c1ccccc12. The van der Waals surface area contributed by atoms with Gasteiger partial charge < -0.3 is 4.90 Å². The molecule has 0 saturated heterocycles. The van der Waals surface area contributed by atoms with E-state index in [9.17, 15) is 0 Å². The molecule has 0 bridgehead atoms. The predicted molar refractivity (Wildman–Crippen MR) is 220 cm³/mol. The maximum atomic E-state index is 2.61. The first-order valence-electron chi connectivity index (χ1n) is 18.7. The first-order chi connectivity index (χ1) is 26.1. The Morgan fingerprint density at radius 1 is 0.321 bits per heavy atom. The maximum absolute atomic E-state index is 2.61. The minimum absolute atomic E-state index is 0.223. The Labute approximate surface area is 311 Å². The molecular weight excluding hydrogens is 639 g/mol. The molecular formula is C52H37N. The molecule has 53 heavy (non-hydrogen) atoms. The van der Waals surface area contributed by atoms with E-state index in [1.807, 2.05) is 0 Å². The number of hydrogen-bond donors (Lipinski definition) is 0. The van der Waals surface area contributed by atoms with Crippen LogP contribution in [0.3, 0.4) is 0 Å². The highest BCUT2D eigenvalue weighted by Crippen LogP contribution is 2.67.